The number of aliphatic imine (C=N–C) groups is 1. The highest BCUT2D eigenvalue weighted by Crippen LogP contribution is 2.22. The summed E-state index contributed by atoms with van der Waals surface area (Å²) in [4.78, 5) is 8.03. The van der Waals surface area contributed by atoms with Gasteiger partial charge in [-0.1, -0.05) is 30.6 Å². The quantitative estimate of drug-likeness (QED) is 0.221. The fraction of sp³-hybridized carbons (Fsp3) is 0.429. The van der Waals surface area contributed by atoms with E-state index in [1.54, 1.807) is 0 Å². The van der Waals surface area contributed by atoms with Crippen molar-refractivity contribution in [2.24, 2.45) is 4.99 Å². The van der Waals surface area contributed by atoms with Crippen LogP contribution in [-0.4, -0.2) is 29.2 Å². The summed E-state index contributed by atoms with van der Waals surface area (Å²) < 4.78 is 5.43. The minimum absolute atomic E-state index is 0. The molecule has 0 saturated carbocycles. The van der Waals surface area contributed by atoms with Crippen LogP contribution < -0.4 is 10.6 Å². The molecule has 0 unspecified atom stereocenters. The number of aromatic amines is 1. The third-order valence-electron chi connectivity index (χ3n) is 4.76. The molecule has 0 saturated heterocycles. The van der Waals surface area contributed by atoms with Crippen molar-refractivity contribution in [1.29, 1.82) is 0 Å². The van der Waals surface area contributed by atoms with Crippen molar-refractivity contribution >= 4 is 52.4 Å². The number of fused-ring (bicyclic) bond motifs is 1. The number of hydrogen-bond donors (Lipinski definition) is 3. The SMILES string of the molecule is CCNC(=NCc1c(CC)noc1CC)NCCc1c[nH]c2ccc(Cl)cc12.I. The topological polar surface area (TPSA) is 78.2 Å². The van der Waals surface area contributed by atoms with Crippen LogP contribution in [0, 0.1) is 0 Å². The molecule has 3 aromatic rings. The Labute approximate surface area is 193 Å². The summed E-state index contributed by atoms with van der Waals surface area (Å²) in [5.74, 6) is 1.72. The van der Waals surface area contributed by atoms with Gasteiger partial charge < -0.3 is 20.1 Å². The van der Waals surface area contributed by atoms with Gasteiger partial charge in [0.1, 0.15) is 5.76 Å². The first kappa shape index (κ1) is 23.5. The van der Waals surface area contributed by atoms with Crippen LogP contribution in [-0.2, 0) is 25.8 Å². The number of nitrogens with zero attached hydrogens (tertiary/aromatic N) is 2. The average molecular weight is 530 g/mol. The first-order valence-electron chi connectivity index (χ1n) is 9.90. The highest BCUT2D eigenvalue weighted by atomic mass is 127. The second kappa shape index (κ2) is 11.4. The molecule has 8 heteroatoms. The van der Waals surface area contributed by atoms with Gasteiger partial charge in [-0.25, -0.2) is 4.99 Å². The zero-order chi connectivity index (χ0) is 19.9. The first-order valence-corrected chi connectivity index (χ1v) is 10.3. The Morgan fingerprint density at radius 1 is 1.21 bits per heavy atom. The number of aromatic nitrogens is 2. The molecule has 6 nitrogen and oxygen atoms in total. The van der Waals surface area contributed by atoms with E-state index in [1.807, 2.05) is 24.4 Å². The van der Waals surface area contributed by atoms with Crippen LogP contribution in [0.2, 0.25) is 5.02 Å². The van der Waals surface area contributed by atoms with Gasteiger partial charge in [0.15, 0.2) is 5.96 Å². The maximum Gasteiger partial charge on any atom is 0.191 e. The van der Waals surface area contributed by atoms with Gasteiger partial charge in [-0.15, -0.1) is 24.0 Å². The lowest BCUT2D eigenvalue weighted by molar-refractivity contribution is 0.380. The molecule has 0 amide bonds. The highest BCUT2D eigenvalue weighted by Gasteiger charge is 2.13. The minimum Gasteiger partial charge on any atom is -0.361 e. The van der Waals surface area contributed by atoms with Gasteiger partial charge in [-0.05, 0) is 43.5 Å². The molecule has 0 radical (unpaired) electrons. The fourth-order valence-electron chi connectivity index (χ4n) is 3.29. The molecule has 0 fully saturated rings. The summed E-state index contributed by atoms with van der Waals surface area (Å²) in [5, 5.41) is 12.8. The van der Waals surface area contributed by atoms with Crippen LogP contribution in [0.5, 0.6) is 0 Å². The summed E-state index contributed by atoms with van der Waals surface area (Å²) in [5.41, 5.74) is 4.44. The van der Waals surface area contributed by atoms with Crippen molar-refractivity contribution in [3.05, 3.63) is 52.0 Å². The van der Waals surface area contributed by atoms with Crippen LogP contribution >= 0.6 is 35.6 Å². The van der Waals surface area contributed by atoms with Crippen molar-refractivity contribution in [3.63, 3.8) is 0 Å². The maximum absolute atomic E-state index is 6.14. The number of rotatable bonds is 8. The van der Waals surface area contributed by atoms with E-state index in [1.165, 1.54) is 10.9 Å². The zero-order valence-corrected chi connectivity index (χ0v) is 20.2. The van der Waals surface area contributed by atoms with Gasteiger partial charge in [0.2, 0.25) is 0 Å². The maximum atomic E-state index is 6.14. The Morgan fingerprint density at radius 2 is 2.03 bits per heavy atom. The highest BCUT2D eigenvalue weighted by molar-refractivity contribution is 14.0. The van der Waals surface area contributed by atoms with Crippen molar-refractivity contribution in [3.8, 4) is 0 Å². The molecule has 29 heavy (non-hydrogen) atoms. The van der Waals surface area contributed by atoms with Gasteiger partial charge >= 0.3 is 0 Å². The standard InChI is InChI=1S/C21H28ClN5O.HI/c1-4-18-17(20(5-2)28-27-18)13-26-21(23-6-3)24-10-9-14-12-25-19-8-7-15(22)11-16(14)19;/h7-8,11-12,25H,4-6,9-10,13H2,1-3H3,(H2,23,24,26);1H. The summed E-state index contributed by atoms with van der Waals surface area (Å²) in [6.07, 6.45) is 4.59. The Bertz CT molecular complexity index is 928. The molecule has 0 aliphatic carbocycles. The normalized spacial score (nSPS) is 11.5. The zero-order valence-electron chi connectivity index (χ0n) is 17.1. The van der Waals surface area contributed by atoms with Crippen LogP contribution in [0.4, 0.5) is 0 Å². The van der Waals surface area contributed by atoms with E-state index < -0.39 is 0 Å². The molecule has 0 spiro atoms. The third kappa shape index (κ3) is 5.88. The molecule has 0 aliphatic rings. The number of hydrogen-bond acceptors (Lipinski definition) is 3. The number of benzene rings is 1. The van der Waals surface area contributed by atoms with Gasteiger partial charge in [-0.2, -0.15) is 0 Å². The van der Waals surface area contributed by atoms with Crippen LogP contribution in [0.25, 0.3) is 10.9 Å². The van der Waals surface area contributed by atoms with Crippen molar-refractivity contribution in [2.45, 2.75) is 46.6 Å². The predicted molar refractivity (Wildman–Crippen MR) is 131 cm³/mol. The Hall–Kier alpha value is -1.74. The summed E-state index contributed by atoms with van der Waals surface area (Å²) in [6.45, 7) is 8.36. The predicted octanol–water partition coefficient (Wildman–Crippen LogP) is 4.85. The van der Waals surface area contributed by atoms with Crippen LogP contribution in [0.15, 0.2) is 33.9 Å². The molecule has 2 aromatic heterocycles. The van der Waals surface area contributed by atoms with Gasteiger partial charge in [0, 0.05) is 47.2 Å². The molecule has 0 bridgehead atoms. The lowest BCUT2D eigenvalue weighted by atomic mass is 10.1. The van der Waals surface area contributed by atoms with Gasteiger partial charge in [0.25, 0.3) is 0 Å². The van der Waals surface area contributed by atoms with E-state index >= 15 is 0 Å². The van der Waals surface area contributed by atoms with Crippen molar-refractivity contribution in [1.82, 2.24) is 20.8 Å². The molecular formula is C21H29ClIN5O. The van der Waals surface area contributed by atoms with E-state index in [9.17, 15) is 0 Å². The van der Waals surface area contributed by atoms with Crippen LogP contribution in [0.1, 0.15) is 43.4 Å². The Balaban J connectivity index is 0.00000300. The van der Waals surface area contributed by atoms with Gasteiger partial charge in [-0.3, -0.25) is 0 Å². The fourth-order valence-corrected chi connectivity index (χ4v) is 3.46. The summed E-state index contributed by atoms with van der Waals surface area (Å²) >= 11 is 6.14. The van der Waals surface area contributed by atoms with E-state index in [-0.39, 0.29) is 24.0 Å². The molecule has 2 heterocycles. The number of guanidine groups is 1. The lowest BCUT2D eigenvalue weighted by Gasteiger charge is -2.11. The Morgan fingerprint density at radius 3 is 2.76 bits per heavy atom. The summed E-state index contributed by atoms with van der Waals surface area (Å²) in [7, 11) is 0. The largest absolute Gasteiger partial charge is 0.361 e. The third-order valence-corrected chi connectivity index (χ3v) is 5.00. The molecule has 0 aliphatic heterocycles. The van der Waals surface area contributed by atoms with E-state index in [0.717, 1.165) is 65.9 Å². The minimum atomic E-state index is 0. The number of halogens is 2. The Kier molecular flexibility index (Phi) is 9.29. The van der Waals surface area contributed by atoms with Crippen molar-refractivity contribution in [2.75, 3.05) is 13.1 Å². The average Bonchev–Trinajstić information content (AvgIpc) is 3.29. The monoisotopic (exact) mass is 529 g/mol. The first-order chi connectivity index (χ1) is 13.7. The number of H-pyrrole nitrogens is 1. The van der Waals surface area contributed by atoms with Crippen molar-refractivity contribution < 1.29 is 4.52 Å². The van der Waals surface area contributed by atoms with E-state index in [4.69, 9.17) is 21.1 Å². The number of aryl methyl sites for hydroxylation is 2. The summed E-state index contributed by atoms with van der Waals surface area (Å²) in [6, 6.07) is 5.92. The molecule has 1 aromatic carbocycles. The van der Waals surface area contributed by atoms with Crippen LogP contribution in [0.3, 0.4) is 0 Å². The smallest absolute Gasteiger partial charge is 0.191 e. The lowest BCUT2D eigenvalue weighted by Crippen LogP contribution is -2.38. The molecular weight excluding hydrogens is 501 g/mol. The van der Waals surface area contributed by atoms with Gasteiger partial charge in [0.05, 0.1) is 12.2 Å². The molecule has 3 rings (SSSR count). The van der Waals surface area contributed by atoms with E-state index in [0.29, 0.717) is 6.54 Å². The molecule has 3 N–H and O–H groups in total. The second-order valence-corrected chi connectivity index (χ2v) is 7.05. The number of nitrogens with one attached hydrogen (secondary N) is 3. The molecule has 0 atom stereocenters. The molecule has 158 valence electrons. The second-order valence-electron chi connectivity index (χ2n) is 6.61. The van der Waals surface area contributed by atoms with E-state index in [2.05, 4.69) is 41.5 Å².